The number of aromatic nitrogens is 2. The summed E-state index contributed by atoms with van der Waals surface area (Å²) in [4.78, 5) is 32.0. The lowest BCUT2D eigenvalue weighted by atomic mass is 10.1. The number of amides is 1. The van der Waals surface area contributed by atoms with E-state index in [1.165, 1.54) is 23.9 Å². The maximum atomic E-state index is 12.5. The van der Waals surface area contributed by atoms with Crippen molar-refractivity contribution in [3.8, 4) is 0 Å². The van der Waals surface area contributed by atoms with E-state index in [0.717, 1.165) is 24.0 Å². The third kappa shape index (κ3) is 7.03. The summed E-state index contributed by atoms with van der Waals surface area (Å²) in [6.45, 7) is 3.76. The standard InChI is InChI=1S/C24H27N3O4S2/c1-3-7-18-10-12-20(13-11-18)33(30,31)27-22(28)15-14-21-17(2)25-24(26-23(21)29)32-16-19-8-5-4-6-9-19/h4-6,8-13H,3,7,14-16H2,1-2H3,(H,27,28)(H,25,26,29). The van der Waals surface area contributed by atoms with E-state index in [4.69, 9.17) is 0 Å². The number of sulfonamides is 1. The zero-order chi connectivity index (χ0) is 23.8. The van der Waals surface area contributed by atoms with Gasteiger partial charge in [-0.2, -0.15) is 0 Å². The van der Waals surface area contributed by atoms with Crippen molar-refractivity contribution >= 4 is 27.7 Å². The average molecular weight is 486 g/mol. The first-order chi connectivity index (χ1) is 15.8. The fourth-order valence-electron chi connectivity index (χ4n) is 3.30. The van der Waals surface area contributed by atoms with E-state index in [1.54, 1.807) is 19.1 Å². The van der Waals surface area contributed by atoms with Crippen LogP contribution < -0.4 is 10.3 Å². The Bertz CT molecular complexity index is 1260. The number of aromatic amines is 1. The quantitative estimate of drug-likeness (QED) is 0.334. The molecule has 1 amide bonds. The summed E-state index contributed by atoms with van der Waals surface area (Å²) in [6.07, 6.45) is 1.77. The van der Waals surface area contributed by atoms with Crippen LogP contribution >= 0.6 is 11.8 Å². The zero-order valence-corrected chi connectivity index (χ0v) is 20.3. The molecule has 0 saturated carbocycles. The predicted molar refractivity (Wildman–Crippen MR) is 130 cm³/mol. The summed E-state index contributed by atoms with van der Waals surface area (Å²) < 4.78 is 27.0. The highest BCUT2D eigenvalue weighted by Crippen LogP contribution is 2.19. The first-order valence-electron chi connectivity index (χ1n) is 10.7. The molecule has 2 N–H and O–H groups in total. The summed E-state index contributed by atoms with van der Waals surface area (Å²) >= 11 is 1.42. The molecule has 0 fully saturated rings. The molecule has 0 atom stereocenters. The minimum absolute atomic E-state index is 0.0335. The molecule has 0 radical (unpaired) electrons. The van der Waals surface area contributed by atoms with Crippen LogP contribution in [0, 0.1) is 6.92 Å². The lowest BCUT2D eigenvalue weighted by Gasteiger charge is -2.09. The van der Waals surface area contributed by atoms with Crippen LogP contribution in [-0.2, 0) is 33.4 Å². The van der Waals surface area contributed by atoms with Gasteiger partial charge in [0, 0.05) is 23.4 Å². The maximum Gasteiger partial charge on any atom is 0.264 e. The van der Waals surface area contributed by atoms with Crippen molar-refractivity contribution < 1.29 is 13.2 Å². The predicted octanol–water partition coefficient (Wildman–Crippen LogP) is 3.76. The Morgan fingerprint density at radius 1 is 1.03 bits per heavy atom. The topological polar surface area (TPSA) is 109 Å². The molecule has 9 heteroatoms. The van der Waals surface area contributed by atoms with Crippen molar-refractivity contribution in [1.82, 2.24) is 14.7 Å². The third-order valence-corrected chi connectivity index (χ3v) is 7.38. The highest BCUT2D eigenvalue weighted by Gasteiger charge is 2.18. The van der Waals surface area contributed by atoms with Gasteiger partial charge in [-0.15, -0.1) is 0 Å². The Labute approximate surface area is 198 Å². The summed E-state index contributed by atoms with van der Waals surface area (Å²) in [5, 5.41) is 0.503. The number of nitrogens with zero attached hydrogens (tertiary/aromatic N) is 1. The second-order valence-corrected chi connectivity index (χ2v) is 10.3. The largest absolute Gasteiger partial charge is 0.301 e. The highest BCUT2D eigenvalue weighted by molar-refractivity contribution is 7.98. The smallest absolute Gasteiger partial charge is 0.264 e. The Hall–Kier alpha value is -2.91. The van der Waals surface area contributed by atoms with Crippen molar-refractivity contribution in [3.63, 3.8) is 0 Å². The van der Waals surface area contributed by atoms with Gasteiger partial charge in [0.2, 0.25) is 5.91 Å². The van der Waals surface area contributed by atoms with E-state index in [0.29, 0.717) is 22.2 Å². The third-order valence-electron chi connectivity index (χ3n) is 5.04. The van der Waals surface area contributed by atoms with Gasteiger partial charge in [-0.3, -0.25) is 9.59 Å². The molecule has 1 heterocycles. The lowest BCUT2D eigenvalue weighted by Crippen LogP contribution is -2.31. The number of benzene rings is 2. The van der Waals surface area contributed by atoms with Crippen molar-refractivity contribution in [3.05, 3.63) is 87.3 Å². The first kappa shape index (κ1) is 24.7. The number of hydrogen-bond acceptors (Lipinski definition) is 6. The Morgan fingerprint density at radius 3 is 2.36 bits per heavy atom. The average Bonchev–Trinajstić information content (AvgIpc) is 2.78. The fraction of sp³-hybridized carbons (Fsp3) is 0.292. The van der Waals surface area contributed by atoms with Crippen molar-refractivity contribution in [2.24, 2.45) is 0 Å². The lowest BCUT2D eigenvalue weighted by molar-refractivity contribution is -0.119. The Balaban J connectivity index is 1.59. The number of hydrogen-bond donors (Lipinski definition) is 2. The molecule has 1 aromatic heterocycles. The fourth-order valence-corrected chi connectivity index (χ4v) is 5.17. The van der Waals surface area contributed by atoms with Gasteiger partial charge >= 0.3 is 0 Å². The molecule has 0 aliphatic rings. The summed E-state index contributed by atoms with van der Waals surface area (Å²) in [7, 11) is -3.96. The molecule has 3 rings (SSSR count). The number of rotatable bonds is 10. The minimum atomic E-state index is -3.96. The van der Waals surface area contributed by atoms with Gasteiger partial charge in [-0.05, 0) is 43.0 Å². The van der Waals surface area contributed by atoms with E-state index in [2.05, 4.69) is 14.7 Å². The van der Waals surface area contributed by atoms with Gasteiger partial charge < -0.3 is 4.98 Å². The monoisotopic (exact) mass is 485 g/mol. The highest BCUT2D eigenvalue weighted by atomic mass is 32.2. The normalized spacial score (nSPS) is 11.3. The number of carbonyl (C=O) groups excluding carboxylic acids is 1. The molecule has 0 aliphatic carbocycles. The second-order valence-electron chi connectivity index (χ2n) is 7.63. The van der Waals surface area contributed by atoms with E-state index >= 15 is 0 Å². The van der Waals surface area contributed by atoms with Gasteiger partial charge in [0.05, 0.1) is 4.90 Å². The van der Waals surface area contributed by atoms with Gasteiger partial charge in [0.15, 0.2) is 5.16 Å². The number of aryl methyl sites for hydroxylation is 2. The molecule has 7 nitrogen and oxygen atoms in total. The molecule has 0 spiro atoms. The number of H-pyrrole nitrogens is 1. The number of carbonyl (C=O) groups is 1. The van der Waals surface area contributed by atoms with Crippen LogP contribution in [0.1, 0.15) is 42.1 Å². The second kappa shape index (κ2) is 11.3. The van der Waals surface area contributed by atoms with Gasteiger partial charge in [0.1, 0.15) is 0 Å². The molecule has 0 aliphatic heterocycles. The van der Waals surface area contributed by atoms with Crippen LogP contribution in [0.2, 0.25) is 0 Å². The van der Waals surface area contributed by atoms with E-state index < -0.39 is 15.9 Å². The molecule has 33 heavy (non-hydrogen) atoms. The molecular formula is C24H27N3O4S2. The van der Waals surface area contributed by atoms with Crippen LogP contribution in [0.3, 0.4) is 0 Å². The van der Waals surface area contributed by atoms with Crippen LogP contribution in [0.15, 0.2) is 69.4 Å². The van der Waals surface area contributed by atoms with Crippen molar-refractivity contribution in [2.75, 3.05) is 0 Å². The first-order valence-corrected chi connectivity index (χ1v) is 13.2. The van der Waals surface area contributed by atoms with E-state index in [9.17, 15) is 18.0 Å². The zero-order valence-electron chi connectivity index (χ0n) is 18.6. The van der Waals surface area contributed by atoms with Crippen molar-refractivity contribution in [1.29, 1.82) is 0 Å². The Morgan fingerprint density at radius 2 is 1.73 bits per heavy atom. The Kier molecular flexibility index (Phi) is 8.46. The van der Waals surface area contributed by atoms with Crippen LogP contribution in [-0.4, -0.2) is 24.3 Å². The molecule has 174 valence electrons. The van der Waals surface area contributed by atoms with Crippen LogP contribution in [0.4, 0.5) is 0 Å². The molecule has 3 aromatic rings. The van der Waals surface area contributed by atoms with E-state index in [1.807, 2.05) is 37.3 Å². The summed E-state index contributed by atoms with van der Waals surface area (Å²) in [5.41, 5.74) is 2.73. The molecule has 0 bridgehead atoms. The van der Waals surface area contributed by atoms with Crippen LogP contribution in [0.5, 0.6) is 0 Å². The summed E-state index contributed by atoms with van der Waals surface area (Å²) in [6, 6.07) is 16.3. The van der Waals surface area contributed by atoms with Gasteiger partial charge in [0.25, 0.3) is 15.6 Å². The number of thioether (sulfide) groups is 1. The number of nitrogens with one attached hydrogen (secondary N) is 2. The molecule has 0 unspecified atom stereocenters. The molecule has 2 aromatic carbocycles. The van der Waals surface area contributed by atoms with Gasteiger partial charge in [-0.1, -0.05) is 67.6 Å². The maximum absolute atomic E-state index is 12.5. The van der Waals surface area contributed by atoms with Crippen LogP contribution in [0.25, 0.3) is 0 Å². The molecule has 0 saturated heterocycles. The minimum Gasteiger partial charge on any atom is -0.301 e. The van der Waals surface area contributed by atoms with E-state index in [-0.39, 0.29) is 23.3 Å². The molecular weight excluding hydrogens is 458 g/mol. The SMILES string of the molecule is CCCc1ccc(S(=O)(=O)NC(=O)CCc2c(C)nc(SCc3ccccc3)[nH]c2=O)cc1. The summed E-state index contributed by atoms with van der Waals surface area (Å²) in [5.74, 6) is -0.00335. The van der Waals surface area contributed by atoms with Gasteiger partial charge in [-0.25, -0.2) is 18.1 Å². The van der Waals surface area contributed by atoms with Crippen molar-refractivity contribution in [2.45, 2.75) is 55.3 Å².